The fourth-order valence-corrected chi connectivity index (χ4v) is 4.47. The molecule has 0 aliphatic carbocycles. The van der Waals surface area contributed by atoms with Crippen LogP contribution < -0.4 is 4.74 Å². The van der Waals surface area contributed by atoms with Crippen LogP contribution >= 0.6 is 0 Å². The molecule has 3 aromatic rings. The van der Waals surface area contributed by atoms with Crippen molar-refractivity contribution in [3.8, 4) is 5.75 Å². The van der Waals surface area contributed by atoms with Crippen molar-refractivity contribution in [3.63, 3.8) is 0 Å². The minimum absolute atomic E-state index is 0.0429. The average molecular weight is 453 g/mol. The molecule has 1 atom stereocenters. The first kappa shape index (κ1) is 24.8. The van der Waals surface area contributed by atoms with Gasteiger partial charge in [0.25, 0.3) is 0 Å². The molecule has 3 rings (SSSR count). The molecule has 0 saturated carbocycles. The van der Waals surface area contributed by atoms with Crippen LogP contribution in [-0.4, -0.2) is 28.9 Å². The van der Waals surface area contributed by atoms with E-state index in [1.807, 2.05) is 40.7 Å². The number of aliphatic hydroxyl groups excluding tert-OH is 1. The number of hydrogen-bond acceptors (Lipinski definition) is 4. The van der Waals surface area contributed by atoms with Gasteiger partial charge in [-0.25, -0.2) is 4.79 Å². The molecule has 0 spiro atoms. The second kappa shape index (κ2) is 9.22. The summed E-state index contributed by atoms with van der Waals surface area (Å²) in [6.45, 7) is 14.6. The molecule has 2 aromatic carbocycles. The largest absolute Gasteiger partial charge is 0.491 e. The van der Waals surface area contributed by atoms with Crippen LogP contribution in [0.4, 0.5) is 0 Å². The van der Waals surface area contributed by atoms with Crippen molar-refractivity contribution < 1.29 is 24.2 Å². The maximum absolute atomic E-state index is 11.4. The van der Waals surface area contributed by atoms with Crippen LogP contribution in [0.3, 0.4) is 0 Å². The number of aliphatic hydroxyl groups is 1. The Bertz CT molecular complexity index is 1150. The Morgan fingerprint density at radius 3 is 2.18 bits per heavy atom. The molecule has 0 saturated heterocycles. The fraction of sp³-hybridized carbons (Fsp3) is 0.464. The second-order valence-electron chi connectivity index (χ2n) is 10.1. The van der Waals surface area contributed by atoms with Gasteiger partial charge in [0.1, 0.15) is 17.9 Å². The van der Waals surface area contributed by atoms with E-state index in [1.54, 1.807) is 6.07 Å². The Kier molecular flexibility index (Phi) is 6.94. The Morgan fingerprint density at radius 1 is 1.00 bits per heavy atom. The molecule has 33 heavy (non-hydrogen) atoms. The summed E-state index contributed by atoms with van der Waals surface area (Å²) >= 11 is 0. The minimum Gasteiger partial charge on any atom is -0.491 e. The molecule has 1 unspecified atom stereocenters. The molecule has 2 N–H and O–H groups in total. The van der Waals surface area contributed by atoms with E-state index in [0.29, 0.717) is 5.58 Å². The number of ether oxygens (including phenoxy) is 1. The van der Waals surface area contributed by atoms with Crippen molar-refractivity contribution in [1.82, 2.24) is 0 Å². The van der Waals surface area contributed by atoms with Gasteiger partial charge in [-0.3, -0.25) is 0 Å². The predicted molar refractivity (Wildman–Crippen MR) is 131 cm³/mol. The summed E-state index contributed by atoms with van der Waals surface area (Å²) in [6, 6.07) is 12.0. The Hall–Kier alpha value is -2.79. The smallest absolute Gasteiger partial charge is 0.371 e. The molecule has 0 aliphatic rings. The van der Waals surface area contributed by atoms with Gasteiger partial charge in [0.2, 0.25) is 5.76 Å². The molecule has 1 heterocycles. The molecule has 178 valence electrons. The van der Waals surface area contributed by atoms with Crippen molar-refractivity contribution in [2.75, 3.05) is 6.61 Å². The first-order valence-corrected chi connectivity index (χ1v) is 11.6. The molecule has 1 aromatic heterocycles. The highest BCUT2D eigenvalue weighted by molar-refractivity contribution is 5.92. The van der Waals surface area contributed by atoms with E-state index < -0.39 is 12.1 Å². The zero-order valence-corrected chi connectivity index (χ0v) is 20.8. The van der Waals surface area contributed by atoms with E-state index in [9.17, 15) is 15.0 Å². The van der Waals surface area contributed by atoms with Gasteiger partial charge in [-0.1, -0.05) is 52.8 Å². The normalized spacial score (nSPS) is 13.3. The lowest BCUT2D eigenvalue weighted by Crippen LogP contribution is -2.32. The minimum atomic E-state index is -1.06. The Morgan fingerprint density at radius 2 is 1.64 bits per heavy atom. The van der Waals surface area contributed by atoms with Crippen LogP contribution in [-0.2, 0) is 5.41 Å². The zero-order chi connectivity index (χ0) is 24.6. The van der Waals surface area contributed by atoms with Gasteiger partial charge in [0.15, 0.2) is 0 Å². The van der Waals surface area contributed by atoms with Crippen LogP contribution in [0, 0.1) is 19.3 Å². The van der Waals surface area contributed by atoms with Gasteiger partial charge in [-0.15, -0.1) is 0 Å². The molecule has 0 fully saturated rings. The number of hydrogen-bond donors (Lipinski definition) is 2. The number of benzene rings is 2. The molecule has 5 heteroatoms. The van der Waals surface area contributed by atoms with Crippen molar-refractivity contribution >= 4 is 16.9 Å². The summed E-state index contributed by atoms with van der Waals surface area (Å²) in [4.78, 5) is 11.4. The SMILES string of the molecule is CCC(CC)(c1ccc(OCC(O)C(C)(C)C)c(C)c1)c1cc(C)c2oc(C(=O)O)cc2c1. The first-order valence-electron chi connectivity index (χ1n) is 11.6. The number of carbonyl (C=O) groups is 1. The summed E-state index contributed by atoms with van der Waals surface area (Å²) in [7, 11) is 0. The lowest BCUT2D eigenvalue weighted by atomic mass is 9.70. The third-order valence-corrected chi connectivity index (χ3v) is 6.90. The van der Waals surface area contributed by atoms with Gasteiger partial charge in [-0.05, 0) is 72.6 Å². The highest BCUT2D eigenvalue weighted by Gasteiger charge is 2.32. The molecular weight excluding hydrogens is 416 g/mol. The van der Waals surface area contributed by atoms with Crippen molar-refractivity contribution in [1.29, 1.82) is 0 Å². The standard InChI is InChI=1S/C28H36O5/c1-8-28(9-2,21-13-18(4)25-19(14-21)15-23(33-25)26(30)31)20-10-11-22(17(3)12-20)32-16-24(29)27(5,6)7/h10-15,24,29H,8-9,16H2,1-7H3,(H,30,31). The number of aromatic carboxylic acids is 1. The summed E-state index contributed by atoms with van der Waals surface area (Å²) in [5, 5.41) is 20.5. The van der Waals surface area contributed by atoms with Crippen LogP contribution in [0.15, 0.2) is 40.8 Å². The third-order valence-electron chi connectivity index (χ3n) is 6.90. The number of furan rings is 1. The molecule has 0 radical (unpaired) electrons. The van der Waals surface area contributed by atoms with Crippen LogP contribution in [0.2, 0.25) is 0 Å². The lowest BCUT2D eigenvalue weighted by Gasteiger charge is -2.34. The predicted octanol–water partition coefficient (Wildman–Crippen LogP) is 6.64. The lowest BCUT2D eigenvalue weighted by molar-refractivity contribution is 0.0216. The van der Waals surface area contributed by atoms with E-state index in [0.717, 1.165) is 40.7 Å². The molecular formula is C28H36O5. The van der Waals surface area contributed by atoms with E-state index in [1.165, 1.54) is 5.56 Å². The van der Waals surface area contributed by atoms with Gasteiger partial charge >= 0.3 is 5.97 Å². The quantitative estimate of drug-likeness (QED) is 0.400. The van der Waals surface area contributed by atoms with Gasteiger partial charge in [0, 0.05) is 10.8 Å². The molecule has 0 aliphatic heterocycles. The van der Waals surface area contributed by atoms with Crippen molar-refractivity contribution in [2.45, 2.75) is 72.8 Å². The monoisotopic (exact) mass is 452 g/mol. The average Bonchev–Trinajstić information content (AvgIpc) is 3.19. The second-order valence-corrected chi connectivity index (χ2v) is 10.1. The first-order chi connectivity index (χ1) is 15.4. The van der Waals surface area contributed by atoms with Gasteiger partial charge < -0.3 is 19.4 Å². The zero-order valence-electron chi connectivity index (χ0n) is 20.8. The fourth-order valence-electron chi connectivity index (χ4n) is 4.47. The Balaban J connectivity index is 2.01. The molecule has 5 nitrogen and oxygen atoms in total. The number of carboxylic acids is 1. The highest BCUT2D eigenvalue weighted by atomic mass is 16.5. The number of fused-ring (bicyclic) bond motifs is 1. The topological polar surface area (TPSA) is 79.9 Å². The van der Waals surface area contributed by atoms with Gasteiger partial charge in [-0.2, -0.15) is 0 Å². The van der Waals surface area contributed by atoms with Crippen molar-refractivity contribution in [2.24, 2.45) is 5.41 Å². The van der Waals surface area contributed by atoms with E-state index in [2.05, 4.69) is 38.1 Å². The summed E-state index contributed by atoms with van der Waals surface area (Å²) in [5.41, 5.74) is 4.43. The molecule has 0 amide bonds. The van der Waals surface area contributed by atoms with Crippen LogP contribution in [0.25, 0.3) is 11.0 Å². The highest BCUT2D eigenvalue weighted by Crippen LogP contribution is 2.42. The van der Waals surface area contributed by atoms with E-state index >= 15 is 0 Å². The summed E-state index contributed by atoms with van der Waals surface area (Å²) < 4.78 is 11.5. The number of rotatable bonds is 8. The van der Waals surface area contributed by atoms with Gasteiger partial charge in [0.05, 0.1) is 6.10 Å². The molecule has 0 bridgehead atoms. The Labute approximate surface area is 196 Å². The third kappa shape index (κ3) is 4.79. The maximum Gasteiger partial charge on any atom is 0.371 e. The summed E-state index contributed by atoms with van der Waals surface area (Å²) in [5.74, 6) is -0.332. The number of carboxylic acid groups (broad SMARTS) is 1. The van der Waals surface area contributed by atoms with E-state index in [-0.39, 0.29) is 23.2 Å². The summed E-state index contributed by atoms with van der Waals surface area (Å²) in [6.07, 6.45) is 1.23. The van der Waals surface area contributed by atoms with Crippen LogP contribution in [0.5, 0.6) is 5.75 Å². The van der Waals surface area contributed by atoms with Crippen LogP contribution in [0.1, 0.15) is 80.3 Å². The number of aryl methyl sites for hydroxylation is 2. The maximum atomic E-state index is 11.4. The van der Waals surface area contributed by atoms with Crippen molar-refractivity contribution in [3.05, 3.63) is 64.4 Å². The van der Waals surface area contributed by atoms with E-state index in [4.69, 9.17) is 9.15 Å².